The van der Waals surface area contributed by atoms with Gasteiger partial charge in [-0.15, -0.1) is 12.4 Å². The summed E-state index contributed by atoms with van der Waals surface area (Å²) in [6, 6.07) is 11.4. The molecule has 0 aliphatic carbocycles. The van der Waals surface area contributed by atoms with E-state index in [0.717, 1.165) is 17.2 Å². The molecule has 0 fully saturated rings. The van der Waals surface area contributed by atoms with Gasteiger partial charge in [0.1, 0.15) is 5.75 Å². The normalized spacial score (nSPS) is 11.4. The van der Waals surface area contributed by atoms with Gasteiger partial charge in [0.25, 0.3) is 5.88 Å². The number of carboxylic acids is 1. The molecule has 152 valence electrons. The number of nitrogens with zero attached hydrogens (tertiary/aromatic N) is 2. The molecule has 29 heavy (non-hydrogen) atoms. The fraction of sp³-hybridized carbons (Fsp3) is 0.150. The molecule has 1 aromatic carbocycles. The van der Waals surface area contributed by atoms with Crippen molar-refractivity contribution >= 4 is 30.0 Å². The Bertz CT molecular complexity index is 987. The molecule has 3 aromatic rings. The van der Waals surface area contributed by atoms with Crippen LogP contribution in [-0.4, -0.2) is 27.1 Å². The van der Waals surface area contributed by atoms with Gasteiger partial charge >= 0.3 is 5.97 Å². The lowest BCUT2D eigenvalue weighted by Crippen LogP contribution is -2.26. The van der Waals surface area contributed by atoms with Crippen LogP contribution in [0.3, 0.4) is 0 Å². The quantitative estimate of drug-likeness (QED) is 0.564. The molecule has 2 aromatic heterocycles. The highest BCUT2D eigenvalue weighted by molar-refractivity contribution is 6.30. The van der Waals surface area contributed by atoms with Gasteiger partial charge in [-0.05, 0) is 41.5 Å². The van der Waals surface area contributed by atoms with Crippen molar-refractivity contribution in [3.8, 4) is 22.8 Å². The van der Waals surface area contributed by atoms with Gasteiger partial charge in [-0.2, -0.15) is 0 Å². The molecular formula is C20H18Cl2FN3O3. The van der Waals surface area contributed by atoms with Gasteiger partial charge < -0.3 is 15.6 Å². The Morgan fingerprint density at radius 1 is 1.17 bits per heavy atom. The molecule has 0 saturated carbocycles. The molecule has 0 bridgehead atoms. The first-order chi connectivity index (χ1) is 13.4. The van der Waals surface area contributed by atoms with Crippen LogP contribution in [0.4, 0.5) is 4.39 Å². The largest absolute Gasteiger partial charge is 0.481 e. The Balaban J connectivity index is 0.00000300. The van der Waals surface area contributed by atoms with Crippen LogP contribution in [0.25, 0.3) is 11.1 Å². The summed E-state index contributed by atoms with van der Waals surface area (Å²) >= 11 is 5.68. The third kappa shape index (κ3) is 6.39. The SMILES string of the molecule is Cl.N[C@H](CC(=O)O)Cc1cc(-c2ccc(Oc3ncc(Cl)cc3F)cc2)ccn1. The summed E-state index contributed by atoms with van der Waals surface area (Å²) in [6.07, 6.45) is 3.20. The second-order valence-electron chi connectivity index (χ2n) is 6.16. The number of aromatic nitrogens is 2. The first-order valence-electron chi connectivity index (χ1n) is 8.42. The molecule has 0 unspecified atom stereocenters. The highest BCUT2D eigenvalue weighted by atomic mass is 35.5. The number of pyridine rings is 2. The van der Waals surface area contributed by atoms with Crippen molar-refractivity contribution < 1.29 is 19.0 Å². The summed E-state index contributed by atoms with van der Waals surface area (Å²) in [6.45, 7) is 0. The van der Waals surface area contributed by atoms with Crippen molar-refractivity contribution in [3.63, 3.8) is 0 Å². The van der Waals surface area contributed by atoms with Crippen LogP contribution in [0.1, 0.15) is 12.1 Å². The zero-order valence-corrected chi connectivity index (χ0v) is 16.7. The molecule has 3 N–H and O–H groups in total. The number of ether oxygens (including phenoxy) is 1. The minimum absolute atomic E-state index is 0. The first-order valence-corrected chi connectivity index (χ1v) is 8.80. The number of hydrogen-bond donors (Lipinski definition) is 2. The van der Waals surface area contributed by atoms with Gasteiger partial charge in [0.2, 0.25) is 0 Å². The molecular weight excluding hydrogens is 420 g/mol. The summed E-state index contributed by atoms with van der Waals surface area (Å²) in [7, 11) is 0. The average Bonchev–Trinajstić information content (AvgIpc) is 2.64. The molecule has 6 nitrogen and oxygen atoms in total. The summed E-state index contributed by atoms with van der Waals surface area (Å²) in [5, 5.41) is 9.00. The molecule has 3 rings (SSSR count). The summed E-state index contributed by atoms with van der Waals surface area (Å²) in [5.41, 5.74) is 8.33. The third-order valence-electron chi connectivity index (χ3n) is 3.90. The number of carboxylic acid groups (broad SMARTS) is 1. The van der Waals surface area contributed by atoms with Crippen molar-refractivity contribution in [3.05, 3.63) is 71.4 Å². The van der Waals surface area contributed by atoms with Crippen molar-refractivity contribution in [1.29, 1.82) is 0 Å². The fourth-order valence-electron chi connectivity index (χ4n) is 2.64. The van der Waals surface area contributed by atoms with E-state index in [1.54, 1.807) is 18.3 Å². The van der Waals surface area contributed by atoms with Gasteiger partial charge in [0.05, 0.1) is 11.4 Å². The van der Waals surface area contributed by atoms with Crippen molar-refractivity contribution in [2.45, 2.75) is 18.9 Å². The third-order valence-corrected chi connectivity index (χ3v) is 4.11. The van der Waals surface area contributed by atoms with E-state index >= 15 is 0 Å². The maximum atomic E-state index is 13.8. The lowest BCUT2D eigenvalue weighted by atomic mass is 10.0. The highest BCUT2D eigenvalue weighted by Gasteiger charge is 2.11. The van der Waals surface area contributed by atoms with E-state index in [-0.39, 0.29) is 29.7 Å². The van der Waals surface area contributed by atoms with Crippen LogP contribution in [0.15, 0.2) is 54.9 Å². The lowest BCUT2D eigenvalue weighted by Gasteiger charge is -2.10. The van der Waals surface area contributed by atoms with Gasteiger partial charge in [0.15, 0.2) is 5.82 Å². The van der Waals surface area contributed by atoms with E-state index in [1.165, 1.54) is 6.20 Å². The second-order valence-corrected chi connectivity index (χ2v) is 6.60. The zero-order valence-electron chi connectivity index (χ0n) is 15.1. The predicted molar refractivity (Wildman–Crippen MR) is 110 cm³/mol. The lowest BCUT2D eigenvalue weighted by molar-refractivity contribution is -0.137. The van der Waals surface area contributed by atoms with Gasteiger partial charge in [0, 0.05) is 30.6 Å². The number of nitrogens with two attached hydrogens (primary N) is 1. The summed E-state index contributed by atoms with van der Waals surface area (Å²) < 4.78 is 19.2. The van der Waals surface area contributed by atoms with E-state index in [9.17, 15) is 9.18 Å². The molecule has 0 saturated heterocycles. The molecule has 9 heteroatoms. The minimum Gasteiger partial charge on any atom is -0.481 e. The van der Waals surface area contributed by atoms with Crippen LogP contribution in [-0.2, 0) is 11.2 Å². The van der Waals surface area contributed by atoms with Crippen LogP contribution < -0.4 is 10.5 Å². The Morgan fingerprint density at radius 2 is 1.90 bits per heavy atom. The molecule has 0 aliphatic rings. The molecule has 0 spiro atoms. The van der Waals surface area contributed by atoms with E-state index < -0.39 is 17.8 Å². The summed E-state index contributed by atoms with van der Waals surface area (Å²) in [5.74, 6) is -1.31. The number of hydrogen-bond acceptors (Lipinski definition) is 5. The smallest absolute Gasteiger partial charge is 0.304 e. The minimum atomic E-state index is -0.939. The van der Waals surface area contributed by atoms with Gasteiger partial charge in [-0.25, -0.2) is 9.37 Å². The Hall–Kier alpha value is -2.74. The zero-order chi connectivity index (χ0) is 20.1. The Kier molecular flexibility index (Phi) is 7.90. The number of benzene rings is 1. The molecule has 0 aliphatic heterocycles. The second kappa shape index (κ2) is 10.2. The van der Waals surface area contributed by atoms with Crippen molar-refractivity contribution in [2.24, 2.45) is 5.73 Å². The molecule has 0 amide bonds. The summed E-state index contributed by atoms with van der Waals surface area (Å²) in [4.78, 5) is 18.8. The average molecular weight is 438 g/mol. The Labute approximate surface area is 177 Å². The standard InChI is InChI=1S/C20H17ClFN3O3.ClH/c21-14-8-18(22)20(25-11-14)28-17-3-1-12(2-4-17)13-5-6-24-16(7-13)9-15(23)10-19(26)27;/h1-8,11,15H,9-10,23H2,(H,26,27);1H/t15-;/m0./s1. The van der Waals surface area contributed by atoms with Gasteiger partial charge in [-0.1, -0.05) is 23.7 Å². The maximum absolute atomic E-state index is 13.8. The molecule has 0 radical (unpaired) electrons. The van der Waals surface area contributed by atoms with Gasteiger partial charge in [-0.3, -0.25) is 9.78 Å². The van der Waals surface area contributed by atoms with Crippen molar-refractivity contribution in [2.75, 3.05) is 0 Å². The molecule has 1 atom stereocenters. The van der Waals surface area contributed by atoms with E-state index in [2.05, 4.69) is 9.97 Å². The van der Waals surface area contributed by atoms with Crippen LogP contribution in [0.2, 0.25) is 5.02 Å². The fourth-order valence-corrected chi connectivity index (χ4v) is 2.78. The number of rotatable bonds is 7. The van der Waals surface area contributed by atoms with Crippen LogP contribution in [0, 0.1) is 5.82 Å². The maximum Gasteiger partial charge on any atom is 0.304 e. The van der Waals surface area contributed by atoms with Crippen LogP contribution >= 0.6 is 24.0 Å². The Morgan fingerprint density at radius 3 is 2.55 bits per heavy atom. The monoisotopic (exact) mass is 437 g/mol. The predicted octanol–water partition coefficient (Wildman–Crippen LogP) is 4.49. The van der Waals surface area contributed by atoms with E-state index in [0.29, 0.717) is 17.9 Å². The molecule has 2 heterocycles. The topological polar surface area (TPSA) is 98.3 Å². The number of halogens is 3. The number of carbonyl (C=O) groups is 1. The van der Waals surface area contributed by atoms with E-state index in [4.69, 9.17) is 27.2 Å². The number of aliphatic carboxylic acids is 1. The first kappa shape index (κ1) is 22.5. The van der Waals surface area contributed by atoms with E-state index in [1.807, 2.05) is 24.3 Å². The van der Waals surface area contributed by atoms with Crippen molar-refractivity contribution in [1.82, 2.24) is 9.97 Å². The highest BCUT2D eigenvalue weighted by Crippen LogP contribution is 2.27. The van der Waals surface area contributed by atoms with Crippen LogP contribution in [0.5, 0.6) is 11.6 Å².